The lowest BCUT2D eigenvalue weighted by atomic mass is 9.93. The molecule has 80 valence electrons. The Morgan fingerprint density at radius 1 is 1.29 bits per heavy atom. The first-order valence-corrected chi connectivity index (χ1v) is 5.62. The summed E-state index contributed by atoms with van der Waals surface area (Å²) in [5.41, 5.74) is 0. The normalized spacial score (nSPS) is 27.0. The van der Waals surface area contributed by atoms with Gasteiger partial charge in [-0.1, -0.05) is 0 Å². The van der Waals surface area contributed by atoms with Crippen molar-refractivity contribution in [1.29, 1.82) is 0 Å². The van der Waals surface area contributed by atoms with Crippen LogP contribution in [0.25, 0.3) is 0 Å². The lowest BCUT2D eigenvalue weighted by molar-refractivity contribution is 0.227. The number of urea groups is 1. The minimum atomic E-state index is 0.00315. The maximum atomic E-state index is 11.4. The van der Waals surface area contributed by atoms with Gasteiger partial charge in [-0.15, -0.1) is 0 Å². The molecule has 2 amide bonds. The van der Waals surface area contributed by atoms with Crippen molar-refractivity contribution < 1.29 is 4.79 Å². The SMILES string of the molecule is O=C(NCC1CCCN1)NC1CCC1. The van der Waals surface area contributed by atoms with Crippen molar-refractivity contribution in [2.45, 2.75) is 44.2 Å². The fourth-order valence-corrected chi connectivity index (χ4v) is 1.94. The van der Waals surface area contributed by atoms with Gasteiger partial charge in [0.25, 0.3) is 0 Å². The number of carbonyl (C=O) groups is 1. The lowest BCUT2D eigenvalue weighted by Gasteiger charge is -2.26. The molecule has 0 aromatic carbocycles. The van der Waals surface area contributed by atoms with Gasteiger partial charge in [-0.3, -0.25) is 0 Å². The van der Waals surface area contributed by atoms with Gasteiger partial charge >= 0.3 is 6.03 Å². The Bertz CT molecular complexity index is 198. The predicted octanol–water partition coefficient (Wildman–Crippen LogP) is 0.590. The molecule has 0 bridgehead atoms. The van der Waals surface area contributed by atoms with Crippen LogP contribution < -0.4 is 16.0 Å². The van der Waals surface area contributed by atoms with E-state index >= 15 is 0 Å². The van der Waals surface area contributed by atoms with Gasteiger partial charge in [-0.25, -0.2) is 4.79 Å². The van der Waals surface area contributed by atoms with Gasteiger partial charge < -0.3 is 16.0 Å². The van der Waals surface area contributed by atoms with Crippen molar-refractivity contribution in [3.05, 3.63) is 0 Å². The maximum absolute atomic E-state index is 11.4. The van der Waals surface area contributed by atoms with Crippen LogP contribution in [0.5, 0.6) is 0 Å². The Morgan fingerprint density at radius 2 is 2.14 bits per heavy atom. The minimum absolute atomic E-state index is 0.00315. The molecule has 1 saturated heterocycles. The number of hydrogen-bond acceptors (Lipinski definition) is 2. The summed E-state index contributed by atoms with van der Waals surface area (Å²) in [4.78, 5) is 11.4. The number of hydrogen-bond donors (Lipinski definition) is 3. The summed E-state index contributed by atoms with van der Waals surface area (Å²) in [6.45, 7) is 1.86. The van der Waals surface area contributed by atoms with E-state index in [1.165, 1.54) is 19.3 Å². The van der Waals surface area contributed by atoms with E-state index in [0.717, 1.165) is 25.9 Å². The summed E-state index contributed by atoms with van der Waals surface area (Å²) in [5.74, 6) is 0. The van der Waals surface area contributed by atoms with Gasteiger partial charge in [-0.05, 0) is 38.6 Å². The highest BCUT2D eigenvalue weighted by Gasteiger charge is 2.20. The molecule has 3 N–H and O–H groups in total. The molecule has 2 fully saturated rings. The molecule has 1 heterocycles. The summed E-state index contributed by atoms with van der Waals surface area (Å²) >= 11 is 0. The van der Waals surface area contributed by atoms with Gasteiger partial charge in [0.15, 0.2) is 0 Å². The second-order valence-electron chi connectivity index (χ2n) is 4.28. The summed E-state index contributed by atoms with van der Waals surface area (Å²) in [5, 5.41) is 9.22. The van der Waals surface area contributed by atoms with Crippen molar-refractivity contribution in [2.24, 2.45) is 0 Å². The number of nitrogens with one attached hydrogen (secondary N) is 3. The Morgan fingerprint density at radius 3 is 2.71 bits per heavy atom. The quantitative estimate of drug-likeness (QED) is 0.620. The number of rotatable bonds is 3. The first kappa shape index (κ1) is 9.77. The van der Waals surface area contributed by atoms with Crippen molar-refractivity contribution in [2.75, 3.05) is 13.1 Å². The molecule has 1 unspecified atom stereocenters. The highest BCUT2D eigenvalue weighted by atomic mass is 16.2. The first-order chi connectivity index (χ1) is 6.84. The third-order valence-corrected chi connectivity index (χ3v) is 3.11. The van der Waals surface area contributed by atoms with Gasteiger partial charge in [-0.2, -0.15) is 0 Å². The number of carbonyl (C=O) groups excluding carboxylic acids is 1. The molecule has 1 aliphatic heterocycles. The molecule has 2 aliphatic rings. The Kier molecular flexibility index (Phi) is 3.24. The van der Waals surface area contributed by atoms with Crippen LogP contribution in [0.2, 0.25) is 0 Å². The van der Waals surface area contributed by atoms with Crippen LogP contribution in [0, 0.1) is 0 Å². The molecule has 0 spiro atoms. The Balaban J connectivity index is 1.57. The van der Waals surface area contributed by atoms with Crippen molar-refractivity contribution in [3.63, 3.8) is 0 Å². The minimum Gasteiger partial charge on any atom is -0.337 e. The van der Waals surface area contributed by atoms with Crippen LogP contribution in [0.3, 0.4) is 0 Å². The van der Waals surface area contributed by atoms with E-state index in [1.54, 1.807) is 0 Å². The van der Waals surface area contributed by atoms with Crippen LogP contribution in [-0.2, 0) is 0 Å². The zero-order valence-electron chi connectivity index (χ0n) is 8.51. The van der Waals surface area contributed by atoms with Crippen molar-refractivity contribution in [3.8, 4) is 0 Å². The fraction of sp³-hybridized carbons (Fsp3) is 0.900. The van der Waals surface area contributed by atoms with Crippen LogP contribution >= 0.6 is 0 Å². The van der Waals surface area contributed by atoms with E-state index in [0.29, 0.717) is 12.1 Å². The van der Waals surface area contributed by atoms with Crippen molar-refractivity contribution >= 4 is 6.03 Å². The lowest BCUT2D eigenvalue weighted by Crippen LogP contribution is -2.48. The van der Waals surface area contributed by atoms with Gasteiger partial charge in [0, 0.05) is 18.6 Å². The second-order valence-corrected chi connectivity index (χ2v) is 4.28. The molecular weight excluding hydrogens is 178 g/mol. The van der Waals surface area contributed by atoms with E-state index in [1.807, 2.05) is 0 Å². The van der Waals surface area contributed by atoms with E-state index in [-0.39, 0.29) is 6.03 Å². The Hall–Kier alpha value is -0.770. The zero-order chi connectivity index (χ0) is 9.80. The molecule has 4 nitrogen and oxygen atoms in total. The molecule has 2 rings (SSSR count). The van der Waals surface area contributed by atoms with E-state index < -0.39 is 0 Å². The molecule has 1 saturated carbocycles. The van der Waals surface area contributed by atoms with Crippen LogP contribution in [0.1, 0.15) is 32.1 Å². The third kappa shape index (κ3) is 2.61. The molecule has 0 radical (unpaired) electrons. The first-order valence-electron chi connectivity index (χ1n) is 5.62. The predicted molar refractivity (Wildman–Crippen MR) is 55.2 cm³/mol. The summed E-state index contributed by atoms with van der Waals surface area (Å²) in [6, 6.07) is 0.928. The van der Waals surface area contributed by atoms with Crippen LogP contribution in [0.15, 0.2) is 0 Å². The molecule has 14 heavy (non-hydrogen) atoms. The summed E-state index contributed by atoms with van der Waals surface area (Å²) in [6.07, 6.45) is 5.97. The molecule has 0 aromatic rings. The molecule has 1 aliphatic carbocycles. The topological polar surface area (TPSA) is 53.2 Å². The largest absolute Gasteiger partial charge is 0.337 e. The monoisotopic (exact) mass is 197 g/mol. The smallest absolute Gasteiger partial charge is 0.315 e. The van der Waals surface area contributed by atoms with Gasteiger partial charge in [0.2, 0.25) is 0 Å². The highest BCUT2D eigenvalue weighted by Crippen LogP contribution is 2.17. The maximum Gasteiger partial charge on any atom is 0.315 e. The number of amides is 2. The molecule has 0 aromatic heterocycles. The fourth-order valence-electron chi connectivity index (χ4n) is 1.94. The summed E-state index contributed by atoms with van der Waals surface area (Å²) < 4.78 is 0. The Labute approximate surface area is 84.8 Å². The van der Waals surface area contributed by atoms with Crippen molar-refractivity contribution in [1.82, 2.24) is 16.0 Å². The molecular formula is C10H19N3O. The van der Waals surface area contributed by atoms with E-state index in [4.69, 9.17) is 0 Å². The van der Waals surface area contributed by atoms with E-state index in [9.17, 15) is 4.79 Å². The van der Waals surface area contributed by atoms with Crippen LogP contribution in [0.4, 0.5) is 4.79 Å². The average Bonchev–Trinajstić information content (AvgIpc) is 2.60. The van der Waals surface area contributed by atoms with Crippen LogP contribution in [-0.4, -0.2) is 31.2 Å². The third-order valence-electron chi connectivity index (χ3n) is 3.11. The highest BCUT2D eigenvalue weighted by molar-refractivity contribution is 5.74. The van der Waals surface area contributed by atoms with Gasteiger partial charge in [0.05, 0.1) is 0 Å². The zero-order valence-corrected chi connectivity index (χ0v) is 8.51. The second kappa shape index (κ2) is 4.64. The van der Waals surface area contributed by atoms with E-state index in [2.05, 4.69) is 16.0 Å². The summed E-state index contributed by atoms with van der Waals surface area (Å²) in [7, 11) is 0. The molecule has 1 atom stereocenters. The standard InChI is InChI=1S/C10H19N3O/c14-10(13-8-3-1-4-8)12-7-9-5-2-6-11-9/h8-9,11H,1-7H2,(H2,12,13,14). The average molecular weight is 197 g/mol. The molecule has 4 heteroatoms. The van der Waals surface area contributed by atoms with Gasteiger partial charge in [0.1, 0.15) is 0 Å².